The van der Waals surface area contributed by atoms with Gasteiger partial charge in [-0.05, 0) is 10.8 Å². The summed E-state index contributed by atoms with van der Waals surface area (Å²) in [7, 11) is 0. The number of aldehydes is 1. The van der Waals surface area contributed by atoms with Crippen LogP contribution in [0.5, 0.6) is 0 Å². The van der Waals surface area contributed by atoms with Crippen LogP contribution in [0.25, 0.3) is 0 Å². The summed E-state index contributed by atoms with van der Waals surface area (Å²) in [4.78, 5) is 22.3. The molecule has 0 aromatic heterocycles. The summed E-state index contributed by atoms with van der Waals surface area (Å²) in [5, 5.41) is 2.64. The average Bonchev–Trinajstić information content (AvgIpc) is 2.11. The molecule has 0 aromatic rings. The summed E-state index contributed by atoms with van der Waals surface area (Å²) < 4.78 is 0. The van der Waals surface area contributed by atoms with Crippen LogP contribution >= 0.6 is 0 Å². The Balaban J connectivity index is 5.03. The molecule has 1 N–H and O–H groups in total. The lowest BCUT2D eigenvalue weighted by molar-refractivity contribution is -0.141. The molecule has 0 aliphatic carbocycles. The molecule has 0 heterocycles. The molecule has 0 fully saturated rings. The van der Waals surface area contributed by atoms with E-state index in [-0.39, 0.29) is 23.3 Å². The maximum Gasteiger partial charge on any atom is 0.226 e. The van der Waals surface area contributed by atoms with E-state index in [9.17, 15) is 9.59 Å². The Bertz CT molecular complexity index is 272. The molecule has 0 spiro atoms. The van der Waals surface area contributed by atoms with Crippen molar-refractivity contribution in [2.75, 3.05) is 6.54 Å². The van der Waals surface area contributed by atoms with Gasteiger partial charge in [0.05, 0.1) is 6.54 Å². The van der Waals surface area contributed by atoms with Crippen LogP contribution in [0, 0.1) is 16.2 Å². The highest BCUT2D eigenvalue weighted by molar-refractivity contribution is 5.84. The van der Waals surface area contributed by atoms with Crippen LogP contribution in [0.1, 0.15) is 48.5 Å². The first-order valence-corrected chi connectivity index (χ1v) is 5.70. The molecule has 0 aliphatic rings. The Hall–Kier alpha value is -0.860. The molecule has 0 atom stereocenters. The Morgan fingerprint density at radius 3 is 1.81 bits per heavy atom. The molecular formula is C13H25NO2. The molecule has 94 valence electrons. The van der Waals surface area contributed by atoms with Crippen molar-refractivity contribution in [3.8, 4) is 0 Å². The van der Waals surface area contributed by atoms with Gasteiger partial charge in [-0.2, -0.15) is 0 Å². The van der Waals surface area contributed by atoms with Crippen molar-refractivity contribution in [3.05, 3.63) is 0 Å². The maximum atomic E-state index is 12.0. The molecule has 0 aliphatic heterocycles. The Morgan fingerprint density at radius 2 is 1.50 bits per heavy atom. The van der Waals surface area contributed by atoms with Crippen LogP contribution in [0.4, 0.5) is 0 Å². The minimum atomic E-state index is -0.520. The zero-order valence-electron chi connectivity index (χ0n) is 11.6. The number of nitrogens with one attached hydrogen (secondary N) is 1. The van der Waals surface area contributed by atoms with Gasteiger partial charge < -0.3 is 10.1 Å². The van der Waals surface area contributed by atoms with Gasteiger partial charge in [0.2, 0.25) is 5.91 Å². The van der Waals surface area contributed by atoms with Crippen LogP contribution in [-0.2, 0) is 9.59 Å². The fraction of sp³-hybridized carbons (Fsp3) is 0.846. The highest BCUT2D eigenvalue weighted by Crippen LogP contribution is 2.51. The van der Waals surface area contributed by atoms with Crippen LogP contribution in [0.3, 0.4) is 0 Å². The Kier molecular flexibility index (Phi) is 4.31. The zero-order chi connectivity index (χ0) is 13.2. The number of hydrogen-bond acceptors (Lipinski definition) is 2. The fourth-order valence-corrected chi connectivity index (χ4v) is 1.58. The van der Waals surface area contributed by atoms with Crippen molar-refractivity contribution < 1.29 is 9.59 Å². The average molecular weight is 227 g/mol. The van der Waals surface area contributed by atoms with Gasteiger partial charge in [-0.15, -0.1) is 0 Å². The molecule has 1 amide bonds. The maximum absolute atomic E-state index is 12.0. The molecule has 16 heavy (non-hydrogen) atoms. The van der Waals surface area contributed by atoms with Crippen molar-refractivity contribution in [2.45, 2.75) is 48.5 Å². The summed E-state index contributed by atoms with van der Waals surface area (Å²) in [6, 6.07) is 0. The van der Waals surface area contributed by atoms with Gasteiger partial charge in [-0.1, -0.05) is 48.5 Å². The standard InChI is InChI=1S/C13H25NO2/c1-11(2,3)13(6,7)12(4,5)10(16)14-8-9-15/h9H,8H2,1-7H3,(H,14,16). The lowest BCUT2D eigenvalue weighted by atomic mass is 9.55. The quantitative estimate of drug-likeness (QED) is 0.750. The molecule has 0 unspecified atom stereocenters. The van der Waals surface area contributed by atoms with Crippen molar-refractivity contribution in [1.82, 2.24) is 5.32 Å². The van der Waals surface area contributed by atoms with E-state index < -0.39 is 5.41 Å². The summed E-state index contributed by atoms with van der Waals surface area (Å²) in [5.74, 6) is -0.0699. The van der Waals surface area contributed by atoms with E-state index in [0.29, 0.717) is 6.29 Å². The second-order valence-electron chi connectivity index (χ2n) is 6.38. The van der Waals surface area contributed by atoms with Gasteiger partial charge in [0.15, 0.2) is 0 Å². The molecule has 3 nitrogen and oxygen atoms in total. The number of rotatable bonds is 4. The van der Waals surface area contributed by atoms with Crippen LogP contribution < -0.4 is 5.32 Å². The molecule has 0 aromatic carbocycles. The third-order valence-electron chi connectivity index (χ3n) is 4.35. The normalized spacial score (nSPS) is 13.4. The van der Waals surface area contributed by atoms with Gasteiger partial charge in [0.1, 0.15) is 6.29 Å². The SMILES string of the molecule is CC(C)(C)C(C)(C)C(C)(C)C(=O)NCC=O. The van der Waals surface area contributed by atoms with Gasteiger partial charge >= 0.3 is 0 Å². The molecule has 0 rings (SSSR count). The lowest BCUT2D eigenvalue weighted by Gasteiger charge is -2.49. The predicted octanol–water partition coefficient (Wildman–Crippen LogP) is 2.40. The molecular weight excluding hydrogens is 202 g/mol. The second-order valence-corrected chi connectivity index (χ2v) is 6.38. The third-order valence-corrected chi connectivity index (χ3v) is 4.35. The first-order chi connectivity index (χ1) is 6.98. The predicted molar refractivity (Wildman–Crippen MR) is 66.1 cm³/mol. The smallest absolute Gasteiger partial charge is 0.226 e. The van der Waals surface area contributed by atoms with Gasteiger partial charge in [0.25, 0.3) is 0 Å². The Morgan fingerprint density at radius 1 is 1.06 bits per heavy atom. The van der Waals surface area contributed by atoms with E-state index in [2.05, 4.69) is 39.9 Å². The van der Waals surface area contributed by atoms with Crippen molar-refractivity contribution in [1.29, 1.82) is 0 Å². The van der Waals surface area contributed by atoms with E-state index in [0.717, 1.165) is 0 Å². The third kappa shape index (κ3) is 2.63. The molecule has 0 saturated heterocycles. The van der Waals surface area contributed by atoms with E-state index in [4.69, 9.17) is 0 Å². The van der Waals surface area contributed by atoms with E-state index in [1.54, 1.807) is 0 Å². The Labute approximate surface area is 99.0 Å². The van der Waals surface area contributed by atoms with Crippen molar-refractivity contribution in [3.63, 3.8) is 0 Å². The van der Waals surface area contributed by atoms with Gasteiger partial charge in [0, 0.05) is 5.41 Å². The van der Waals surface area contributed by atoms with Crippen LogP contribution in [0.2, 0.25) is 0 Å². The minimum absolute atomic E-state index is 0.00895. The monoisotopic (exact) mass is 227 g/mol. The van der Waals surface area contributed by atoms with E-state index >= 15 is 0 Å². The number of hydrogen-bond donors (Lipinski definition) is 1. The minimum Gasteiger partial charge on any atom is -0.349 e. The fourth-order valence-electron chi connectivity index (χ4n) is 1.58. The molecule has 0 saturated carbocycles. The number of amides is 1. The second kappa shape index (κ2) is 4.56. The number of carbonyl (C=O) groups is 2. The van der Waals surface area contributed by atoms with Crippen LogP contribution in [-0.4, -0.2) is 18.7 Å². The van der Waals surface area contributed by atoms with E-state index in [1.807, 2.05) is 13.8 Å². The van der Waals surface area contributed by atoms with Crippen molar-refractivity contribution in [2.24, 2.45) is 16.2 Å². The topological polar surface area (TPSA) is 46.2 Å². The number of carbonyl (C=O) groups excluding carboxylic acids is 2. The summed E-state index contributed by atoms with van der Waals surface area (Å²) in [5.41, 5.74) is -0.684. The van der Waals surface area contributed by atoms with E-state index in [1.165, 1.54) is 0 Å². The van der Waals surface area contributed by atoms with Crippen LogP contribution in [0.15, 0.2) is 0 Å². The first-order valence-electron chi connectivity index (χ1n) is 5.70. The largest absolute Gasteiger partial charge is 0.349 e. The summed E-state index contributed by atoms with van der Waals surface area (Å²) in [6.45, 7) is 14.5. The highest BCUT2D eigenvalue weighted by Gasteiger charge is 2.49. The van der Waals surface area contributed by atoms with Crippen molar-refractivity contribution >= 4 is 12.2 Å². The summed E-state index contributed by atoms with van der Waals surface area (Å²) in [6.07, 6.45) is 0.706. The zero-order valence-corrected chi connectivity index (χ0v) is 11.6. The highest BCUT2D eigenvalue weighted by atomic mass is 16.2. The molecule has 3 heteroatoms. The molecule has 0 radical (unpaired) electrons. The van der Waals surface area contributed by atoms with Gasteiger partial charge in [-0.25, -0.2) is 0 Å². The first kappa shape index (κ1) is 15.1. The van der Waals surface area contributed by atoms with Gasteiger partial charge in [-0.3, -0.25) is 4.79 Å². The lowest BCUT2D eigenvalue weighted by Crippen LogP contribution is -2.52. The molecule has 0 bridgehead atoms. The summed E-state index contributed by atoms with van der Waals surface area (Å²) >= 11 is 0.